The Morgan fingerprint density at radius 3 is 2.90 bits per heavy atom. The van der Waals surface area contributed by atoms with Gasteiger partial charge in [0.05, 0.1) is 22.1 Å². The molecule has 1 atom stereocenters. The molecule has 1 saturated heterocycles. The van der Waals surface area contributed by atoms with E-state index in [1.807, 2.05) is 30.3 Å². The second-order valence-corrected chi connectivity index (χ2v) is 5.76. The van der Waals surface area contributed by atoms with Gasteiger partial charge in [-0.3, -0.25) is 9.78 Å². The van der Waals surface area contributed by atoms with Crippen molar-refractivity contribution in [1.29, 1.82) is 0 Å². The van der Waals surface area contributed by atoms with E-state index in [9.17, 15) is 4.79 Å². The van der Waals surface area contributed by atoms with Gasteiger partial charge in [0, 0.05) is 18.1 Å². The number of thiocarbonyl (C=S) groups is 1. The minimum atomic E-state index is -0.139. The molecule has 2 heterocycles. The third-order valence-corrected chi connectivity index (χ3v) is 4.23. The highest BCUT2D eigenvalue weighted by Gasteiger charge is 2.30. The van der Waals surface area contributed by atoms with Crippen molar-refractivity contribution in [2.24, 2.45) is 5.73 Å². The third-order valence-electron chi connectivity index (χ3n) is 3.96. The molecule has 1 amide bonds. The summed E-state index contributed by atoms with van der Waals surface area (Å²) in [5.74, 6) is -0.0307. The number of pyridine rings is 1. The molecule has 21 heavy (non-hydrogen) atoms. The number of likely N-dealkylation sites (tertiary alicyclic amines) is 1. The summed E-state index contributed by atoms with van der Waals surface area (Å²) in [6, 6.07) is 9.36. The Hall–Kier alpha value is -2.01. The molecule has 1 unspecified atom stereocenters. The van der Waals surface area contributed by atoms with Crippen molar-refractivity contribution >= 4 is 34.0 Å². The first-order chi connectivity index (χ1) is 10.2. The van der Waals surface area contributed by atoms with E-state index in [-0.39, 0.29) is 11.9 Å². The number of carbonyl (C=O) groups is 1. The number of fused-ring (bicyclic) bond motifs is 1. The molecule has 1 aliphatic rings. The van der Waals surface area contributed by atoms with Crippen molar-refractivity contribution < 1.29 is 4.79 Å². The van der Waals surface area contributed by atoms with Crippen LogP contribution in [0.25, 0.3) is 10.9 Å². The molecule has 2 N–H and O–H groups in total. The monoisotopic (exact) mass is 299 g/mol. The molecular weight excluding hydrogens is 282 g/mol. The number of nitrogens with zero attached hydrogens (tertiary/aromatic N) is 2. The summed E-state index contributed by atoms with van der Waals surface area (Å²) in [6.45, 7) is 0.698. The molecule has 1 aromatic carbocycles. The van der Waals surface area contributed by atoms with Crippen LogP contribution in [0.2, 0.25) is 0 Å². The van der Waals surface area contributed by atoms with E-state index in [4.69, 9.17) is 18.0 Å². The smallest absolute Gasteiger partial charge is 0.256 e. The molecule has 2 aromatic rings. The van der Waals surface area contributed by atoms with E-state index < -0.39 is 0 Å². The van der Waals surface area contributed by atoms with Crippen LogP contribution < -0.4 is 5.73 Å². The average Bonchev–Trinajstić information content (AvgIpc) is 2.53. The molecule has 1 aromatic heterocycles. The first kappa shape index (κ1) is 13.9. The lowest BCUT2D eigenvalue weighted by Gasteiger charge is -2.35. The van der Waals surface area contributed by atoms with Gasteiger partial charge in [0.2, 0.25) is 0 Å². The van der Waals surface area contributed by atoms with Crippen LogP contribution in [0.4, 0.5) is 0 Å². The fourth-order valence-electron chi connectivity index (χ4n) is 2.90. The van der Waals surface area contributed by atoms with Crippen LogP contribution in [0.15, 0.2) is 36.5 Å². The minimum absolute atomic E-state index is 0.0307. The maximum atomic E-state index is 12.9. The number of carbonyl (C=O) groups excluding carboxylic acids is 1. The van der Waals surface area contributed by atoms with Gasteiger partial charge in [-0.05, 0) is 31.4 Å². The summed E-state index contributed by atoms with van der Waals surface area (Å²) in [4.78, 5) is 19.5. The summed E-state index contributed by atoms with van der Waals surface area (Å²) in [7, 11) is 0. The van der Waals surface area contributed by atoms with E-state index >= 15 is 0 Å². The quantitative estimate of drug-likeness (QED) is 0.866. The molecule has 108 valence electrons. The standard InChI is InChI=1S/C16H17N3OS/c17-15(21)13-8-1-2-10-19(13)16(20)12-7-3-5-11-6-4-9-18-14(11)12/h3-7,9,13H,1-2,8,10H2,(H2,17,21). The zero-order valence-corrected chi connectivity index (χ0v) is 12.5. The molecule has 0 aliphatic carbocycles. The van der Waals surface area contributed by atoms with Crippen LogP contribution in [0.3, 0.4) is 0 Å². The molecule has 1 aliphatic heterocycles. The van der Waals surface area contributed by atoms with Gasteiger partial charge < -0.3 is 10.6 Å². The van der Waals surface area contributed by atoms with Gasteiger partial charge in [-0.15, -0.1) is 0 Å². The lowest BCUT2D eigenvalue weighted by molar-refractivity contribution is 0.0683. The number of nitrogens with two attached hydrogens (primary N) is 1. The number of aromatic nitrogens is 1. The predicted molar refractivity (Wildman–Crippen MR) is 87.2 cm³/mol. The fourth-order valence-corrected chi connectivity index (χ4v) is 3.15. The summed E-state index contributed by atoms with van der Waals surface area (Å²) in [6.07, 6.45) is 4.60. The molecule has 0 spiro atoms. The summed E-state index contributed by atoms with van der Waals surface area (Å²) in [5.41, 5.74) is 7.16. The second-order valence-electron chi connectivity index (χ2n) is 5.29. The SMILES string of the molecule is NC(=S)C1CCCCN1C(=O)c1cccc2cccnc12. The van der Waals surface area contributed by atoms with Crippen molar-refractivity contribution in [3.63, 3.8) is 0 Å². The molecular formula is C16H17N3OS. The Kier molecular flexibility index (Phi) is 3.84. The van der Waals surface area contributed by atoms with Crippen LogP contribution in [0, 0.1) is 0 Å². The van der Waals surface area contributed by atoms with Crippen molar-refractivity contribution in [2.75, 3.05) is 6.54 Å². The van der Waals surface area contributed by atoms with Gasteiger partial charge in [-0.1, -0.05) is 30.4 Å². The lowest BCUT2D eigenvalue weighted by atomic mass is 10.00. The van der Waals surface area contributed by atoms with Crippen LogP contribution in [0.1, 0.15) is 29.6 Å². The van der Waals surface area contributed by atoms with Crippen molar-refractivity contribution in [3.05, 3.63) is 42.1 Å². The first-order valence-electron chi connectivity index (χ1n) is 7.12. The maximum Gasteiger partial charge on any atom is 0.256 e. The van der Waals surface area contributed by atoms with Gasteiger partial charge in [0.1, 0.15) is 0 Å². The highest BCUT2D eigenvalue weighted by atomic mass is 32.1. The molecule has 4 nitrogen and oxygen atoms in total. The number of hydrogen-bond acceptors (Lipinski definition) is 3. The summed E-state index contributed by atoms with van der Waals surface area (Å²) < 4.78 is 0. The van der Waals surface area contributed by atoms with Gasteiger partial charge in [-0.2, -0.15) is 0 Å². The van der Waals surface area contributed by atoms with Gasteiger partial charge in [-0.25, -0.2) is 0 Å². The average molecular weight is 299 g/mol. The maximum absolute atomic E-state index is 12.9. The van der Waals surface area contributed by atoms with E-state index in [1.54, 1.807) is 11.1 Å². The summed E-state index contributed by atoms with van der Waals surface area (Å²) in [5, 5.41) is 0.965. The van der Waals surface area contributed by atoms with Gasteiger partial charge in [0.25, 0.3) is 5.91 Å². The van der Waals surface area contributed by atoms with Crippen molar-refractivity contribution in [3.8, 4) is 0 Å². The van der Waals surface area contributed by atoms with E-state index in [0.29, 0.717) is 17.1 Å². The zero-order valence-electron chi connectivity index (χ0n) is 11.7. The third kappa shape index (κ3) is 2.61. The number of para-hydroxylation sites is 1. The predicted octanol–water partition coefficient (Wildman–Crippen LogP) is 2.52. The van der Waals surface area contributed by atoms with E-state index in [1.165, 1.54) is 0 Å². The number of amides is 1. The lowest BCUT2D eigenvalue weighted by Crippen LogP contribution is -2.49. The van der Waals surface area contributed by atoms with Crippen LogP contribution in [0.5, 0.6) is 0 Å². The summed E-state index contributed by atoms with van der Waals surface area (Å²) >= 11 is 5.13. The number of rotatable bonds is 2. The van der Waals surface area contributed by atoms with E-state index in [0.717, 1.165) is 30.2 Å². The zero-order chi connectivity index (χ0) is 14.8. The number of hydrogen-bond donors (Lipinski definition) is 1. The topological polar surface area (TPSA) is 59.2 Å². The molecule has 0 radical (unpaired) electrons. The minimum Gasteiger partial charge on any atom is -0.392 e. The van der Waals surface area contributed by atoms with Crippen molar-refractivity contribution in [1.82, 2.24) is 9.88 Å². The second kappa shape index (κ2) is 5.77. The van der Waals surface area contributed by atoms with Gasteiger partial charge in [0.15, 0.2) is 0 Å². The Bertz CT molecular complexity index is 695. The van der Waals surface area contributed by atoms with Crippen LogP contribution in [-0.2, 0) is 0 Å². The highest BCUT2D eigenvalue weighted by Crippen LogP contribution is 2.23. The number of benzene rings is 1. The molecule has 3 rings (SSSR count). The van der Waals surface area contributed by atoms with Gasteiger partial charge >= 0.3 is 0 Å². The normalized spacial score (nSPS) is 18.7. The Morgan fingerprint density at radius 1 is 1.29 bits per heavy atom. The van der Waals surface area contributed by atoms with Crippen LogP contribution in [-0.4, -0.2) is 33.4 Å². The first-order valence-corrected chi connectivity index (χ1v) is 7.53. The Balaban J connectivity index is 2.01. The fraction of sp³-hybridized carbons (Fsp3) is 0.312. The molecule has 1 fully saturated rings. The Morgan fingerprint density at radius 2 is 2.10 bits per heavy atom. The highest BCUT2D eigenvalue weighted by molar-refractivity contribution is 7.80. The van der Waals surface area contributed by atoms with Crippen molar-refractivity contribution in [2.45, 2.75) is 25.3 Å². The number of piperidine rings is 1. The van der Waals surface area contributed by atoms with Crippen LogP contribution >= 0.6 is 12.2 Å². The van der Waals surface area contributed by atoms with E-state index in [2.05, 4.69) is 4.98 Å². The Labute approximate surface area is 129 Å². The largest absolute Gasteiger partial charge is 0.392 e. The molecule has 0 saturated carbocycles. The molecule has 5 heteroatoms. The molecule has 0 bridgehead atoms.